The Hall–Kier alpha value is -3.18. The molecule has 2 heterocycles. The minimum atomic E-state index is -0.199. The lowest BCUT2D eigenvalue weighted by Gasteiger charge is -2.20. The van der Waals surface area contributed by atoms with E-state index in [0.717, 1.165) is 18.4 Å². The van der Waals surface area contributed by atoms with Crippen LogP contribution in [0, 0.1) is 0 Å². The Morgan fingerprint density at radius 1 is 1.18 bits per heavy atom. The number of benzene rings is 2. The molecule has 0 fully saturated rings. The first kappa shape index (κ1) is 18.2. The lowest BCUT2D eigenvalue weighted by molar-refractivity contribution is 0.112. The van der Waals surface area contributed by atoms with Crippen LogP contribution in [-0.2, 0) is 19.7 Å². The zero-order valence-corrected chi connectivity index (χ0v) is 15.6. The first-order valence-corrected chi connectivity index (χ1v) is 9.24. The highest BCUT2D eigenvalue weighted by Gasteiger charge is 2.26. The molecule has 5 heteroatoms. The molecule has 0 saturated carbocycles. The fraction of sp³-hybridized carbons (Fsp3) is 0.217. The summed E-state index contributed by atoms with van der Waals surface area (Å²) in [5, 5.41) is 0. The first-order valence-electron chi connectivity index (χ1n) is 9.24. The monoisotopic (exact) mass is 375 g/mol. The van der Waals surface area contributed by atoms with Crippen LogP contribution in [0.2, 0.25) is 0 Å². The van der Waals surface area contributed by atoms with Crippen molar-refractivity contribution in [3.63, 3.8) is 0 Å². The summed E-state index contributed by atoms with van der Waals surface area (Å²) in [6, 6.07) is 17.2. The Labute approximate surface area is 163 Å². The van der Waals surface area contributed by atoms with Crippen molar-refractivity contribution < 1.29 is 13.9 Å². The van der Waals surface area contributed by atoms with Crippen molar-refractivity contribution >= 4 is 6.29 Å². The van der Waals surface area contributed by atoms with Crippen molar-refractivity contribution in [2.75, 3.05) is 0 Å². The van der Waals surface area contributed by atoms with E-state index in [1.54, 1.807) is 24.3 Å². The van der Waals surface area contributed by atoms with Gasteiger partial charge in [0, 0.05) is 24.2 Å². The van der Waals surface area contributed by atoms with Crippen molar-refractivity contribution in [3.8, 4) is 5.75 Å². The zero-order valence-electron chi connectivity index (χ0n) is 15.6. The SMILES string of the molecule is C[C@H]1c2ccccc2CN1Cc1cc(=O)c(OCc2ccc(C=O)cc2)co1. The Balaban J connectivity index is 1.40. The van der Waals surface area contributed by atoms with Gasteiger partial charge in [-0.05, 0) is 23.6 Å². The number of carbonyl (C=O) groups excluding carboxylic acids is 1. The molecule has 1 aliphatic rings. The van der Waals surface area contributed by atoms with Gasteiger partial charge in [-0.15, -0.1) is 0 Å². The summed E-state index contributed by atoms with van der Waals surface area (Å²) in [6.45, 7) is 3.81. The fourth-order valence-electron chi connectivity index (χ4n) is 3.51. The summed E-state index contributed by atoms with van der Waals surface area (Å²) in [7, 11) is 0. The average molecular weight is 375 g/mol. The van der Waals surface area contributed by atoms with Gasteiger partial charge in [-0.1, -0.05) is 48.5 Å². The number of hydrogen-bond donors (Lipinski definition) is 0. The van der Waals surface area contributed by atoms with Gasteiger partial charge in [-0.25, -0.2) is 0 Å². The molecule has 142 valence electrons. The molecule has 0 bridgehead atoms. The van der Waals surface area contributed by atoms with Crippen LogP contribution in [0.3, 0.4) is 0 Å². The van der Waals surface area contributed by atoms with Crippen LogP contribution in [0.5, 0.6) is 5.75 Å². The largest absolute Gasteiger partial charge is 0.482 e. The minimum absolute atomic E-state index is 0.181. The molecule has 0 unspecified atom stereocenters. The maximum absolute atomic E-state index is 12.4. The van der Waals surface area contributed by atoms with Crippen LogP contribution >= 0.6 is 0 Å². The molecular formula is C23H21NO4. The van der Waals surface area contributed by atoms with E-state index in [9.17, 15) is 9.59 Å². The second-order valence-electron chi connectivity index (χ2n) is 7.00. The topological polar surface area (TPSA) is 59.8 Å². The van der Waals surface area contributed by atoms with Gasteiger partial charge in [0.1, 0.15) is 24.9 Å². The van der Waals surface area contributed by atoms with E-state index < -0.39 is 0 Å². The lowest BCUT2D eigenvalue weighted by atomic mass is 10.1. The highest BCUT2D eigenvalue weighted by molar-refractivity contribution is 5.74. The Morgan fingerprint density at radius 3 is 2.68 bits per heavy atom. The van der Waals surface area contributed by atoms with E-state index in [1.165, 1.54) is 23.5 Å². The molecule has 2 aromatic carbocycles. The van der Waals surface area contributed by atoms with E-state index in [4.69, 9.17) is 9.15 Å². The quantitative estimate of drug-likeness (QED) is 0.607. The van der Waals surface area contributed by atoms with Gasteiger partial charge in [0.25, 0.3) is 0 Å². The van der Waals surface area contributed by atoms with Gasteiger partial charge >= 0.3 is 0 Å². The van der Waals surface area contributed by atoms with Crippen molar-refractivity contribution in [2.45, 2.75) is 32.7 Å². The van der Waals surface area contributed by atoms with Gasteiger partial charge in [0.15, 0.2) is 0 Å². The molecule has 0 N–H and O–H groups in total. The molecule has 0 radical (unpaired) electrons. The summed E-state index contributed by atoms with van der Waals surface area (Å²) in [5.74, 6) is 0.799. The molecule has 5 nitrogen and oxygen atoms in total. The molecule has 1 atom stereocenters. The molecule has 1 aliphatic heterocycles. The molecule has 1 aromatic heterocycles. The van der Waals surface area contributed by atoms with Gasteiger partial charge in [-0.3, -0.25) is 14.5 Å². The third kappa shape index (κ3) is 3.75. The van der Waals surface area contributed by atoms with Crippen molar-refractivity contribution in [2.24, 2.45) is 0 Å². The normalized spacial score (nSPS) is 16.0. The lowest BCUT2D eigenvalue weighted by Crippen LogP contribution is -2.20. The van der Waals surface area contributed by atoms with Gasteiger partial charge in [0.2, 0.25) is 11.2 Å². The van der Waals surface area contributed by atoms with E-state index in [1.807, 2.05) is 6.07 Å². The second-order valence-corrected chi connectivity index (χ2v) is 7.00. The van der Waals surface area contributed by atoms with E-state index >= 15 is 0 Å². The predicted octanol–water partition coefficient (Wildman–Crippen LogP) is 4.11. The van der Waals surface area contributed by atoms with Crippen LogP contribution in [0.1, 0.15) is 45.8 Å². The summed E-state index contributed by atoms with van der Waals surface area (Å²) in [5.41, 5.74) is 3.92. The molecule has 3 aromatic rings. The summed E-state index contributed by atoms with van der Waals surface area (Å²) < 4.78 is 11.2. The van der Waals surface area contributed by atoms with E-state index in [-0.39, 0.29) is 23.8 Å². The van der Waals surface area contributed by atoms with Crippen LogP contribution in [-0.4, -0.2) is 11.2 Å². The molecule has 0 saturated heterocycles. The number of hydrogen-bond acceptors (Lipinski definition) is 5. The third-order valence-electron chi connectivity index (χ3n) is 5.15. The summed E-state index contributed by atoms with van der Waals surface area (Å²) in [4.78, 5) is 25.4. The maximum Gasteiger partial charge on any atom is 0.227 e. The van der Waals surface area contributed by atoms with Gasteiger partial charge in [0.05, 0.1) is 6.54 Å². The molecule has 4 rings (SSSR count). The number of carbonyl (C=O) groups is 1. The highest BCUT2D eigenvalue weighted by atomic mass is 16.5. The fourth-order valence-corrected chi connectivity index (χ4v) is 3.51. The smallest absolute Gasteiger partial charge is 0.227 e. The predicted molar refractivity (Wildman–Crippen MR) is 105 cm³/mol. The molecule has 0 spiro atoms. The van der Waals surface area contributed by atoms with Gasteiger partial charge < -0.3 is 9.15 Å². The number of fused-ring (bicyclic) bond motifs is 1. The number of nitrogens with zero attached hydrogens (tertiary/aromatic N) is 1. The third-order valence-corrected chi connectivity index (χ3v) is 5.15. The van der Waals surface area contributed by atoms with E-state index in [0.29, 0.717) is 17.9 Å². The van der Waals surface area contributed by atoms with Crippen LogP contribution in [0.4, 0.5) is 0 Å². The van der Waals surface area contributed by atoms with Crippen molar-refractivity contribution in [1.82, 2.24) is 4.90 Å². The first-order chi connectivity index (χ1) is 13.6. The summed E-state index contributed by atoms with van der Waals surface area (Å²) >= 11 is 0. The maximum atomic E-state index is 12.4. The standard InChI is InChI=1S/C23H21NO4/c1-16-21-5-3-2-4-19(21)11-24(16)12-20-10-22(26)23(15-27-20)28-14-18-8-6-17(13-25)7-9-18/h2-10,13,15-16H,11-12,14H2,1H3/t16-/m0/s1. The van der Waals surface area contributed by atoms with Crippen LogP contribution < -0.4 is 10.2 Å². The Bertz CT molecular complexity index is 1040. The Kier molecular flexibility index (Phi) is 5.08. The average Bonchev–Trinajstić information content (AvgIpc) is 3.03. The van der Waals surface area contributed by atoms with Gasteiger partial charge in [-0.2, -0.15) is 0 Å². The van der Waals surface area contributed by atoms with Crippen LogP contribution in [0.25, 0.3) is 0 Å². The molecule has 0 amide bonds. The summed E-state index contributed by atoms with van der Waals surface area (Å²) in [6.07, 6.45) is 2.17. The number of rotatable bonds is 6. The molecule has 0 aliphatic carbocycles. The minimum Gasteiger partial charge on any atom is -0.482 e. The Morgan fingerprint density at radius 2 is 1.96 bits per heavy atom. The van der Waals surface area contributed by atoms with Crippen molar-refractivity contribution in [3.05, 3.63) is 99.1 Å². The van der Waals surface area contributed by atoms with E-state index in [2.05, 4.69) is 30.0 Å². The number of aldehydes is 1. The molecular weight excluding hydrogens is 354 g/mol. The molecule has 28 heavy (non-hydrogen) atoms. The van der Waals surface area contributed by atoms with Crippen LogP contribution in [0.15, 0.2) is 70.1 Å². The number of ether oxygens (including phenoxy) is 1. The second kappa shape index (κ2) is 7.82. The highest BCUT2D eigenvalue weighted by Crippen LogP contribution is 2.34. The van der Waals surface area contributed by atoms with Crippen molar-refractivity contribution in [1.29, 1.82) is 0 Å². The zero-order chi connectivity index (χ0) is 19.5.